The Morgan fingerprint density at radius 2 is 0.984 bits per heavy atom. The molecule has 0 radical (unpaired) electrons. The lowest BCUT2D eigenvalue weighted by molar-refractivity contribution is 0.794. The van der Waals surface area contributed by atoms with Gasteiger partial charge in [-0.3, -0.25) is 10.8 Å². The van der Waals surface area contributed by atoms with Gasteiger partial charge in [-0.05, 0) is 133 Å². The molecule has 0 saturated heterocycles. The third-order valence-electron chi connectivity index (χ3n) is 12.8. The number of para-hydroxylation sites is 2. The Morgan fingerprint density at radius 1 is 0.443 bits per heavy atom. The molecule has 0 heterocycles. The van der Waals surface area contributed by atoms with Gasteiger partial charge in [0.15, 0.2) is 0 Å². The quantitative estimate of drug-likeness (QED) is 0.165. The summed E-state index contributed by atoms with van der Waals surface area (Å²) in [6.45, 7) is 0. The van der Waals surface area contributed by atoms with Crippen molar-refractivity contribution in [2.24, 2.45) is 5.10 Å². The summed E-state index contributed by atoms with van der Waals surface area (Å²) < 4.78 is 0. The summed E-state index contributed by atoms with van der Waals surface area (Å²) in [5.41, 5.74) is 22.7. The van der Waals surface area contributed by atoms with Crippen LogP contribution < -0.4 is 10.3 Å². The van der Waals surface area contributed by atoms with Gasteiger partial charge < -0.3 is 4.90 Å². The summed E-state index contributed by atoms with van der Waals surface area (Å²) in [5.74, 6) is 0. The molecule has 3 aliphatic rings. The van der Waals surface area contributed by atoms with Gasteiger partial charge in [-0.1, -0.05) is 158 Å². The number of nitrogens with one attached hydrogen (secondary N) is 2. The first kappa shape index (κ1) is 34.9. The highest BCUT2D eigenvalue weighted by atomic mass is 15.3. The van der Waals surface area contributed by atoms with Crippen molar-refractivity contribution in [3.05, 3.63) is 246 Å². The van der Waals surface area contributed by atoms with E-state index in [0.29, 0.717) is 11.4 Å². The zero-order valence-electron chi connectivity index (χ0n) is 33.2. The third-order valence-corrected chi connectivity index (χ3v) is 12.8. The molecule has 9 aromatic rings. The Kier molecular flexibility index (Phi) is 7.87. The molecular formula is C57H38N4. The van der Waals surface area contributed by atoms with Crippen LogP contribution in [0.2, 0.25) is 0 Å². The van der Waals surface area contributed by atoms with Crippen LogP contribution in [0.25, 0.3) is 50.2 Å². The van der Waals surface area contributed by atoms with Crippen molar-refractivity contribution in [3.8, 4) is 33.4 Å². The highest BCUT2D eigenvalue weighted by molar-refractivity contribution is 6.55. The minimum atomic E-state index is -0.377. The Balaban J connectivity index is 0.957. The molecule has 0 bridgehead atoms. The SMILES string of the molecule is N=C1C=Cc2ccc3ccc(-c4ccc(N(c5ccccc5)c5ccc6c(c5)-c5ccccc5C65c6ccccc6-c6ccccc65)cc4)cc3c2/C1=N/Nc1ccccc1. The number of anilines is 4. The van der Waals surface area contributed by atoms with Crippen molar-refractivity contribution < 1.29 is 0 Å². The first-order valence-corrected chi connectivity index (χ1v) is 20.8. The number of rotatable bonds is 6. The lowest BCUT2D eigenvalue weighted by Crippen LogP contribution is -2.25. The summed E-state index contributed by atoms with van der Waals surface area (Å²) in [6.07, 6.45) is 3.84. The largest absolute Gasteiger partial charge is 0.310 e. The van der Waals surface area contributed by atoms with E-state index in [9.17, 15) is 0 Å². The van der Waals surface area contributed by atoms with Crippen LogP contribution >= 0.6 is 0 Å². The smallest absolute Gasteiger partial charge is 0.117 e. The van der Waals surface area contributed by atoms with Gasteiger partial charge in [0, 0.05) is 22.6 Å². The first-order chi connectivity index (χ1) is 30.2. The summed E-state index contributed by atoms with van der Waals surface area (Å²) in [6, 6.07) is 74.3. The van der Waals surface area contributed by atoms with Crippen LogP contribution in [0.3, 0.4) is 0 Å². The van der Waals surface area contributed by atoms with Crippen molar-refractivity contribution in [1.29, 1.82) is 5.41 Å². The molecule has 0 amide bonds. The molecule has 4 nitrogen and oxygen atoms in total. The average molecular weight is 779 g/mol. The second kappa shape index (κ2) is 13.8. The molecule has 3 aliphatic carbocycles. The number of hydrogen-bond acceptors (Lipinski definition) is 4. The van der Waals surface area contributed by atoms with Gasteiger partial charge in [0.25, 0.3) is 0 Å². The van der Waals surface area contributed by atoms with Gasteiger partial charge in [-0.15, -0.1) is 0 Å². The van der Waals surface area contributed by atoms with E-state index in [-0.39, 0.29) is 5.41 Å². The van der Waals surface area contributed by atoms with E-state index in [4.69, 9.17) is 10.5 Å². The van der Waals surface area contributed by atoms with Gasteiger partial charge >= 0.3 is 0 Å². The zero-order valence-corrected chi connectivity index (χ0v) is 33.2. The van der Waals surface area contributed by atoms with Crippen LogP contribution in [0.1, 0.15) is 33.4 Å². The molecule has 0 aliphatic heterocycles. The lowest BCUT2D eigenvalue weighted by Gasteiger charge is -2.31. The molecule has 0 saturated carbocycles. The molecule has 1 spiro atoms. The lowest BCUT2D eigenvalue weighted by atomic mass is 9.70. The van der Waals surface area contributed by atoms with Gasteiger partial charge in [-0.25, -0.2) is 0 Å². The fraction of sp³-hybridized carbons (Fsp3) is 0.0175. The van der Waals surface area contributed by atoms with E-state index < -0.39 is 0 Å². The van der Waals surface area contributed by atoms with Gasteiger partial charge in [0.05, 0.1) is 16.8 Å². The highest BCUT2D eigenvalue weighted by Gasteiger charge is 2.51. The minimum Gasteiger partial charge on any atom is -0.310 e. The van der Waals surface area contributed by atoms with Crippen LogP contribution in [0.5, 0.6) is 0 Å². The van der Waals surface area contributed by atoms with Crippen molar-refractivity contribution in [3.63, 3.8) is 0 Å². The molecule has 0 fully saturated rings. The van der Waals surface area contributed by atoms with Crippen LogP contribution in [0.4, 0.5) is 22.7 Å². The summed E-state index contributed by atoms with van der Waals surface area (Å²) in [5, 5.41) is 15.8. The van der Waals surface area contributed by atoms with E-state index >= 15 is 0 Å². The highest BCUT2D eigenvalue weighted by Crippen LogP contribution is 2.63. The monoisotopic (exact) mass is 778 g/mol. The van der Waals surface area contributed by atoms with E-state index in [1.54, 1.807) is 0 Å². The van der Waals surface area contributed by atoms with Crippen molar-refractivity contribution in [2.45, 2.75) is 5.41 Å². The molecule has 9 aromatic carbocycles. The summed E-state index contributed by atoms with van der Waals surface area (Å²) in [4.78, 5) is 2.37. The van der Waals surface area contributed by atoms with E-state index in [0.717, 1.165) is 55.8 Å². The van der Waals surface area contributed by atoms with Crippen molar-refractivity contribution >= 4 is 51.0 Å². The standard InChI is InChI=1S/C57H38N4/c58-54-34-29-39-25-23-38-24-26-40(35-48(38)55(39)56(54)60-59-41-13-3-1-4-14-41)37-27-30-43(31-28-37)61(42-15-5-2-6-16-42)44-32-33-53-49(36-44)47-19-9-12-22-52(47)57(53)50-20-10-7-17-45(50)46-18-8-11-21-51(46)57/h1-36,58-59H/b58-54?,60-56+. The molecule has 12 rings (SSSR count). The topological polar surface area (TPSA) is 51.5 Å². The molecule has 4 heteroatoms. The molecule has 61 heavy (non-hydrogen) atoms. The number of nitrogens with zero attached hydrogens (tertiary/aromatic N) is 2. The molecule has 286 valence electrons. The Labute approximate surface area is 354 Å². The fourth-order valence-corrected chi connectivity index (χ4v) is 10.1. The zero-order chi connectivity index (χ0) is 40.5. The van der Waals surface area contributed by atoms with Gasteiger partial charge in [-0.2, -0.15) is 5.10 Å². The maximum absolute atomic E-state index is 8.86. The van der Waals surface area contributed by atoms with Crippen molar-refractivity contribution in [2.75, 3.05) is 10.3 Å². The number of fused-ring (bicyclic) bond motifs is 13. The Hall–Kier alpha value is -8.08. The number of allylic oxidation sites excluding steroid dienone is 1. The summed E-state index contributed by atoms with van der Waals surface area (Å²) >= 11 is 0. The van der Waals surface area contributed by atoms with Gasteiger partial charge in [0.2, 0.25) is 0 Å². The number of hydrazone groups is 1. The van der Waals surface area contributed by atoms with Crippen LogP contribution in [0, 0.1) is 5.41 Å². The van der Waals surface area contributed by atoms with E-state index in [1.807, 2.05) is 42.5 Å². The first-order valence-electron chi connectivity index (χ1n) is 20.8. The minimum absolute atomic E-state index is 0.377. The predicted molar refractivity (Wildman–Crippen MR) is 254 cm³/mol. The molecule has 0 atom stereocenters. The summed E-state index contributed by atoms with van der Waals surface area (Å²) in [7, 11) is 0. The van der Waals surface area contributed by atoms with Crippen LogP contribution in [0.15, 0.2) is 217 Å². The molecular weight excluding hydrogens is 741 g/mol. The fourth-order valence-electron chi connectivity index (χ4n) is 10.1. The molecule has 2 N–H and O–H groups in total. The maximum atomic E-state index is 8.86. The van der Waals surface area contributed by atoms with E-state index in [2.05, 4.69) is 186 Å². The third kappa shape index (κ3) is 5.32. The normalized spacial score (nSPS) is 14.4. The maximum Gasteiger partial charge on any atom is 0.117 e. The van der Waals surface area contributed by atoms with Crippen LogP contribution in [-0.4, -0.2) is 11.4 Å². The predicted octanol–water partition coefficient (Wildman–Crippen LogP) is 14.2. The van der Waals surface area contributed by atoms with Gasteiger partial charge in [0.1, 0.15) is 5.71 Å². The number of benzene rings is 9. The number of hydrogen-bond donors (Lipinski definition) is 2. The van der Waals surface area contributed by atoms with Crippen molar-refractivity contribution in [1.82, 2.24) is 0 Å². The average Bonchev–Trinajstić information content (AvgIpc) is 3.79. The second-order valence-electron chi connectivity index (χ2n) is 16.0. The molecule has 0 aromatic heterocycles. The second-order valence-corrected chi connectivity index (χ2v) is 16.0. The Morgan fingerprint density at radius 3 is 1.67 bits per heavy atom. The van der Waals surface area contributed by atoms with E-state index in [1.165, 1.54) is 44.5 Å². The Bertz CT molecular complexity index is 3240. The van der Waals surface area contributed by atoms with Crippen LogP contribution in [-0.2, 0) is 5.41 Å². The molecule has 0 unspecified atom stereocenters.